The smallest absolute Gasteiger partial charge is 0.316 e. The standard InChI is InChI=1S/C34H44N6O7/c1-3-28-31(36-23-41)30(25-10-12-27(13-11-25)40(44)45)32(29(37-28)22-47-21-16-35)39(24-42)18-7-17-38-19-14-34(15-20-38,33(43)46-2)26-8-5-4-6-9-26/h4-6,8-13,23-24,30-31H,3,7,14-22,35H2,1-2H3,(H,36,41). The Kier molecular flexibility index (Phi) is 12.7. The van der Waals surface area contributed by atoms with Gasteiger partial charge in [0.25, 0.3) is 5.69 Å². The highest BCUT2D eigenvalue weighted by Gasteiger charge is 2.44. The first-order valence-electron chi connectivity index (χ1n) is 15.9. The Morgan fingerprint density at radius 1 is 1.17 bits per heavy atom. The van der Waals surface area contributed by atoms with Crippen molar-refractivity contribution in [3.05, 3.63) is 87.2 Å². The van der Waals surface area contributed by atoms with E-state index in [-0.39, 0.29) is 24.9 Å². The Labute approximate surface area is 274 Å². The number of ether oxygens (including phenoxy) is 2. The molecule has 2 unspecified atom stereocenters. The maximum Gasteiger partial charge on any atom is 0.316 e. The maximum absolute atomic E-state index is 13.0. The third kappa shape index (κ3) is 8.10. The first-order chi connectivity index (χ1) is 22.8. The van der Waals surface area contributed by atoms with Crippen LogP contribution < -0.4 is 11.1 Å². The van der Waals surface area contributed by atoms with Crippen LogP contribution in [0.25, 0.3) is 0 Å². The van der Waals surface area contributed by atoms with Crippen LogP contribution >= 0.6 is 0 Å². The summed E-state index contributed by atoms with van der Waals surface area (Å²) in [4.78, 5) is 57.2. The molecule has 0 aromatic heterocycles. The summed E-state index contributed by atoms with van der Waals surface area (Å²) in [6.07, 6.45) is 3.74. The number of nitrogens with one attached hydrogen (secondary N) is 1. The first-order valence-corrected chi connectivity index (χ1v) is 15.9. The molecule has 0 aliphatic carbocycles. The van der Waals surface area contributed by atoms with Crippen molar-refractivity contribution in [2.45, 2.75) is 50.0 Å². The van der Waals surface area contributed by atoms with Gasteiger partial charge in [-0.05, 0) is 56.4 Å². The summed E-state index contributed by atoms with van der Waals surface area (Å²) in [6.45, 7) is 5.03. The van der Waals surface area contributed by atoms with E-state index >= 15 is 0 Å². The molecule has 1 saturated heterocycles. The number of esters is 1. The van der Waals surface area contributed by atoms with Crippen LogP contribution in [0, 0.1) is 10.1 Å². The number of methoxy groups -OCH3 is 1. The van der Waals surface area contributed by atoms with Crippen molar-refractivity contribution in [3.8, 4) is 0 Å². The number of amides is 2. The summed E-state index contributed by atoms with van der Waals surface area (Å²) in [5, 5.41) is 14.3. The predicted octanol–water partition coefficient (Wildman–Crippen LogP) is 2.90. The van der Waals surface area contributed by atoms with Crippen molar-refractivity contribution in [1.82, 2.24) is 15.1 Å². The van der Waals surface area contributed by atoms with Gasteiger partial charge in [-0.2, -0.15) is 0 Å². The minimum Gasteiger partial charge on any atom is -0.468 e. The summed E-state index contributed by atoms with van der Waals surface area (Å²) in [6, 6.07) is 15.3. The monoisotopic (exact) mass is 648 g/mol. The molecule has 2 amide bonds. The number of piperidine rings is 1. The van der Waals surface area contributed by atoms with Crippen LogP contribution in [0.15, 0.2) is 71.0 Å². The minimum atomic E-state index is -0.694. The summed E-state index contributed by atoms with van der Waals surface area (Å²) in [7, 11) is 1.43. The zero-order valence-electron chi connectivity index (χ0n) is 27.0. The molecule has 0 bridgehead atoms. The molecule has 0 spiro atoms. The van der Waals surface area contributed by atoms with E-state index in [0.717, 1.165) is 12.0 Å². The summed E-state index contributed by atoms with van der Waals surface area (Å²) < 4.78 is 11.0. The van der Waals surface area contributed by atoms with Crippen LogP contribution in [0.5, 0.6) is 0 Å². The van der Waals surface area contributed by atoms with Crippen LogP contribution in [0.2, 0.25) is 0 Å². The number of nitro groups is 1. The van der Waals surface area contributed by atoms with Crippen molar-refractivity contribution < 1.29 is 28.8 Å². The molecule has 13 heteroatoms. The van der Waals surface area contributed by atoms with Crippen molar-refractivity contribution >= 4 is 30.2 Å². The molecule has 2 atom stereocenters. The zero-order chi connectivity index (χ0) is 33.8. The second-order valence-corrected chi connectivity index (χ2v) is 11.7. The molecule has 2 aliphatic heterocycles. The average Bonchev–Trinajstić information content (AvgIpc) is 3.11. The second kappa shape index (κ2) is 16.9. The molecule has 252 valence electrons. The van der Waals surface area contributed by atoms with Crippen molar-refractivity contribution in [2.24, 2.45) is 10.7 Å². The number of nitrogens with zero attached hydrogens (tertiary/aromatic N) is 4. The Hall–Kier alpha value is -4.46. The summed E-state index contributed by atoms with van der Waals surface area (Å²) >= 11 is 0. The van der Waals surface area contributed by atoms with Crippen LogP contribution in [0.1, 0.15) is 49.7 Å². The van der Waals surface area contributed by atoms with Gasteiger partial charge in [0.1, 0.15) is 0 Å². The number of carbonyl (C=O) groups is 3. The van der Waals surface area contributed by atoms with E-state index in [1.54, 1.807) is 17.0 Å². The van der Waals surface area contributed by atoms with Crippen LogP contribution in [-0.4, -0.2) is 98.3 Å². The fourth-order valence-electron chi connectivity index (χ4n) is 6.67. The second-order valence-electron chi connectivity index (χ2n) is 11.7. The molecule has 47 heavy (non-hydrogen) atoms. The lowest BCUT2D eigenvalue weighted by molar-refractivity contribution is -0.384. The maximum atomic E-state index is 13.0. The van der Waals surface area contributed by atoms with Crippen molar-refractivity contribution in [3.63, 3.8) is 0 Å². The Balaban J connectivity index is 1.58. The highest BCUT2D eigenvalue weighted by atomic mass is 16.6. The molecule has 1 fully saturated rings. The van der Waals surface area contributed by atoms with E-state index in [4.69, 9.17) is 20.2 Å². The van der Waals surface area contributed by atoms with Gasteiger partial charge >= 0.3 is 5.97 Å². The summed E-state index contributed by atoms with van der Waals surface area (Å²) in [5.41, 5.74) is 8.35. The third-order valence-electron chi connectivity index (χ3n) is 9.06. The number of hydrogen-bond acceptors (Lipinski definition) is 10. The molecule has 13 nitrogen and oxygen atoms in total. The zero-order valence-corrected chi connectivity index (χ0v) is 27.0. The molecule has 0 saturated carbocycles. The lowest BCUT2D eigenvalue weighted by Crippen LogP contribution is -2.48. The van der Waals surface area contributed by atoms with E-state index in [0.29, 0.717) is 87.5 Å². The van der Waals surface area contributed by atoms with Gasteiger partial charge in [0.2, 0.25) is 12.8 Å². The molecule has 2 heterocycles. The van der Waals surface area contributed by atoms with Gasteiger partial charge in [-0.25, -0.2) is 0 Å². The van der Waals surface area contributed by atoms with E-state index in [9.17, 15) is 24.5 Å². The van der Waals surface area contributed by atoms with Crippen molar-refractivity contribution in [2.75, 3.05) is 53.0 Å². The van der Waals surface area contributed by atoms with Crippen LogP contribution in [0.3, 0.4) is 0 Å². The number of aliphatic imine (C=N–C) groups is 1. The SMILES string of the molecule is CCC1=NC(COCCN)=C(N(C=O)CCCN2CCC(C(=O)OC)(c3ccccc3)CC2)C(c2ccc([N+](=O)[O-])cc2)C1NC=O. The van der Waals surface area contributed by atoms with E-state index in [1.165, 1.54) is 19.2 Å². The molecule has 4 rings (SSSR count). The quantitative estimate of drug-likeness (QED) is 0.0861. The predicted molar refractivity (Wildman–Crippen MR) is 177 cm³/mol. The first kappa shape index (κ1) is 35.4. The fraction of sp³-hybridized carbons (Fsp3) is 0.471. The number of carbonyl (C=O) groups excluding carboxylic acids is 3. The lowest BCUT2D eigenvalue weighted by Gasteiger charge is -2.40. The molecule has 2 aliphatic rings. The fourth-order valence-corrected chi connectivity index (χ4v) is 6.67. The van der Waals surface area contributed by atoms with Gasteiger partial charge in [0.15, 0.2) is 0 Å². The van der Waals surface area contributed by atoms with Crippen LogP contribution in [-0.2, 0) is 29.3 Å². The number of nitro benzene ring substituents is 1. The molecule has 3 N–H and O–H groups in total. The highest BCUT2D eigenvalue weighted by Crippen LogP contribution is 2.39. The highest BCUT2D eigenvalue weighted by molar-refractivity contribution is 5.94. The topological polar surface area (TPSA) is 170 Å². The molecular formula is C34H44N6O7. The van der Waals surface area contributed by atoms with Crippen molar-refractivity contribution in [1.29, 1.82) is 0 Å². The Bertz CT molecular complexity index is 1440. The number of nitrogens with two attached hydrogens (primary N) is 1. The number of likely N-dealkylation sites (tertiary alicyclic amines) is 1. The van der Waals surface area contributed by atoms with Gasteiger partial charge in [0, 0.05) is 30.9 Å². The molecule has 2 aromatic rings. The third-order valence-corrected chi connectivity index (χ3v) is 9.06. The number of rotatable bonds is 17. The molecule has 2 aromatic carbocycles. The summed E-state index contributed by atoms with van der Waals surface area (Å²) in [5.74, 6) is -0.788. The van der Waals surface area contributed by atoms with Crippen LogP contribution in [0.4, 0.5) is 5.69 Å². The normalized spacial score (nSPS) is 19.4. The molecular weight excluding hydrogens is 604 g/mol. The minimum absolute atomic E-state index is 0.0665. The van der Waals surface area contributed by atoms with Gasteiger partial charge in [-0.15, -0.1) is 0 Å². The largest absolute Gasteiger partial charge is 0.468 e. The Morgan fingerprint density at radius 2 is 1.87 bits per heavy atom. The number of benzene rings is 2. The number of hydrogen-bond donors (Lipinski definition) is 2. The Morgan fingerprint density at radius 3 is 2.45 bits per heavy atom. The van der Waals surface area contributed by atoms with Gasteiger partial charge in [-0.1, -0.05) is 49.4 Å². The van der Waals surface area contributed by atoms with E-state index in [2.05, 4.69) is 10.2 Å². The van der Waals surface area contributed by atoms with Gasteiger partial charge in [-0.3, -0.25) is 29.5 Å². The number of non-ortho nitro benzene ring substituents is 1. The molecule has 0 radical (unpaired) electrons. The van der Waals surface area contributed by atoms with Gasteiger partial charge in [0.05, 0.1) is 54.0 Å². The lowest BCUT2D eigenvalue weighted by atomic mass is 9.72. The average molecular weight is 649 g/mol. The van der Waals surface area contributed by atoms with E-state index < -0.39 is 22.3 Å². The van der Waals surface area contributed by atoms with Gasteiger partial charge < -0.3 is 30.3 Å². The van der Waals surface area contributed by atoms with E-state index in [1.807, 2.05) is 37.3 Å².